The first-order chi connectivity index (χ1) is 9.44. The number of rotatable bonds is 4. The summed E-state index contributed by atoms with van der Waals surface area (Å²) in [5.74, 6) is 2.82. The zero-order chi connectivity index (χ0) is 14.4. The summed E-state index contributed by atoms with van der Waals surface area (Å²) < 4.78 is 5.38. The first kappa shape index (κ1) is 14.1. The average Bonchev–Trinajstić information content (AvgIpc) is 3.16. The Hall–Kier alpha value is -0.900. The first-order valence-electron chi connectivity index (χ1n) is 8.07. The van der Waals surface area contributed by atoms with Gasteiger partial charge in [0.15, 0.2) is 5.82 Å². The van der Waals surface area contributed by atoms with E-state index in [-0.39, 0.29) is 5.54 Å². The molecule has 0 radical (unpaired) electrons. The third kappa shape index (κ3) is 2.50. The van der Waals surface area contributed by atoms with Gasteiger partial charge in [-0.1, -0.05) is 32.3 Å². The van der Waals surface area contributed by atoms with Gasteiger partial charge in [0.1, 0.15) is 0 Å². The van der Waals surface area contributed by atoms with Gasteiger partial charge in [-0.15, -0.1) is 0 Å². The predicted molar refractivity (Wildman–Crippen MR) is 78.2 cm³/mol. The molecule has 4 heteroatoms. The van der Waals surface area contributed by atoms with Crippen molar-refractivity contribution in [3.8, 4) is 0 Å². The van der Waals surface area contributed by atoms with Crippen LogP contribution in [-0.4, -0.2) is 10.1 Å². The molecule has 0 saturated heterocycles. The molecule has 112 valence electrons. The van der Waals surface area contributed by atoms with Crippen molar-refractivity contribution in [2.45, 2.75) is 77.2 Å². The minimum absolute atomic E-state index is 0.364. The van der Waals surface area contributed by atoms with E-state index in [0.29, 0.717) is 11.3 Å². The van der Waals surface area contributed by atoms with E-state index in [2.05, 4.69) is 30.9 Å². The van der Waals surface area contributed by atoms with Crippen LogP contribution in [0.2, 0.25) is 0 Å². The van der Waals surface area contributed by atoms with Crippen LogP contribution in [-0.2, 0) is 5.54 Å². The van der Waals surface area contributed by atoms with Crippen molar-refractivity contribution in [1.82, 2.24) is 10.1 Å². The molecule has 0 atom stereocenters. The fourth-order valence-electron chi connectivity index (χ4n) is 3.36. The molecule has 2 aliphatic carbocycles. The predicted octanol–water partition coefficient (Wildman–Crippen LogP) is 3.73. The van der Waals surface area contributed by atoms with Crippen LogP contribution in [0.1, 0.15) is 83.3 Å². The minimum Gasteiger partial charge on any atom is -0.339 e. The normalized spacial score (nSPS) is 31.5. The SMILES string of the molecule is CCC(C)(C)C1CCC(N)(c2noc(C3CC3)n2)CC1. The Kier molecular flexibility index (Phi) is 3.39. The summed E-state index contributed by atoms with van der Waals surface area (Å²) in [6.45, 7) is 7.03. The molecule has 3 rings (SSSR count). The molecule has 2 aliphatic rings. The van der Waals surface area contributed by atoms with E-state index in [1.165, 1.54) is 32.1 Å². The van der Waals surface area contributed by atoms with Crippen molar-refractivity contribution in [1.29, 1.82) is 0 Å². The Balaban J connectivity index is 1.68. The van der Waals surface area contributed by atoms with Crippen molar-refractivity contribution in [2.24, 2.45) is 17.1 Å². The smallest absolute Gasteiger partial charge is 0.229 e. The molecule has 4 nitrogen and oxygen atoms in total. The van der Waals surface area contributed by atoms with E-state index in [9.17, 15) is 0 Å². The Morgan fingerprint density at radius 2 is 1.90 bits per heavy atom. The minimum atomic E-state index is -0.364. The fourth-order valence-corrected chi connectivity index (χ4v) is 3.36. The molecule has 0 aliphatic heterocycles. The molecule has 20 heavy (non-hydrogen) atoms. The van der Waals surface area contributed by atoms with E-state index in [0.717, 1.165) is 30.5 Å². The van der Waals surface area contributed by atoms with Gasteiger partial charge >= 0.3 is 0 Å². The molecule has 0 unspecified atom stereocenters. The number of nitrogens with zero attached hydrogens (tertiary/aromatic N) is 2. The van der Waals surface area contributed by atoms with E-state index in [1.807, 2.05) is 0 Å². The van der Waals surface area contributed by atoms with Crippen molar-refractivity contribution in [3.63, 3.8) is 0 Å². The topological polar surface area (TPSA) is 64.9 Å². The van der Waals surface area contributed by atoms with Crippen LogP contribution in [0.3, 0.4) is 0 Å². The second kappa shape index (κ2) is 4.83. The highest BCUT2D eigenvalue weighted by Crippen LogP contribution is 2.46. The summed E-state index contributed by atoms with van der Waals surface area (Å²) in [4.78, 5) is 4.57. The quantitative estimate of drug-likeness (QED) is 0.910. The summed E-state index contributed by atoms with van der Waals surface area (Å²) >= 11 is 0. The van der Waals surface area contributed by atoms with Gasteiger partial charge < -0.3 is 10.3 Å². The molecule has 0 amide bonds. The van der Waals surface area contributed by atoms with Crippen LogP contribution >= 0.6 is 0 Å². The van der Waals surface area contributed by atoms with E-state index >= 15 is 0 Å². The molecule has 2 N–H and O–H groups in total. The van der Waals surface area contributed by atoms with Crippen LogP contribution in [0.25, 0.3) is 0 Å². The van der Waals surface area contributed by atoms with Gasteiger partial charge in [-0.2, -0.15) is 4.98 Å². The Morgan fingerprint density at radius 1 is 1.25 bits per heavy atom. The zero-order valence-corrected chi connectivity index (χ0v) is 13.0. The molecule has 2 saturated carbocycles. The molecule has 1 heterocycles. The third-order valence-electron chi connectivity index (χ3n) is 5.71. The lowest BCUT2D eigenvalue weighted by Gasteiger charge is -2.41. The summed E-state index contributed by atoms with van der Waals surface area (Å²) in [5, 5.41) is 4.17. The highest BCUT2D eigenvalue weighted by Gasteiger charge is 2.42. The van der Waals surface area contributed by atoms with E-state index in [1.54, 1.807) is 0 Å². The second-order valence-electron chi connectivity index (χ2n) is 7.50. The lowest BCUT2D eigenvalue weighted by Crippen LogP contribution is -2.43. The van der Waals surface area contributed by atoms with Gasteiger partial charge in [0, 0.05) is 5.92 Å². The van der Waals surface area contributed by atoms with Crippen molar-refractivity contribution >= 4 is 0 Å². The van der Waals surface area contributed by atoms with Crippen molar-refractivity contribution in [3.05, 3.63) is 11.7 Å². The van der Waals surface area contributed by atoms with Crippen LogP contribution in [0.15, 0.2) is 4.52 Å². The van der Waals surface area contributed by atoms with Crippen LogP contribution < -0.4 is 5.73 Å². The Bertz CT molecular complexity index is 468. The largest absolute Gasteiger partial charge is 0.339 e. The third-order valence-corrected chi connectivity index (χ3v) is 5.71. The van der Waals surface area contributed by atoms with Crippen LogP contribution in [0.5, 0.6) is 0 Å². The van der Waals surface area contributed by atoms with Gasteiger partial charge in [0.05, 0.1) is 5.54 Å². The molecule has 1 aromatic rings. The lowest BCUT2D eigenvalue weighted by atomic mass is 9.65. The second-order valence-corrected chi connectivity index (χ2v) is 7.50. The van der Waals surface area contributed by atoms with Crippen molar-refractivity contribution < 1.29 is 4.52 Å². The maximum absolute atomic E-state index is 6.58. The Morgan fingerprint density at radius 3 is 2.45 bits per heavy atom. The summed E-state index contributed by atoms with van der Waals surface area (Å²) in [7, 11) is 0. The van der Waals surface area contributed by atoms with Crippen molar-refractivity contribution in [2.75, 3.05) is 0 Å². The highest BCUT2D eigenvalue weighted by atomic mass is 16.5. The highest BCUT2D eigenvalue weighted by molar-refractivity contribution is 5.10. The maximum atomic E-state index is 6.58. The molecule has 2 fully saturated rings. The molecular weight excluding hydrogens is 250 g/mol. The molecule has 1 aromatic heterocycles. The summed E-state index contributed by atoms with van der Waals surface area (Å²) in [6.07, 6.45) is 7.89. The summed E-state index contributed by atoms with van der Waals surface area (Å²) in [5.41, 5.74) is 6.63. The number of aromatic nitrogens is 2. The van der Waals surface area contributed by atoms with Gasteiger partial charge in [-0.3, -0.25) is 0 Å². The monoisotopic (exact) mass is 277 g/mol. The fraction of sp³-hybridized carbons (Fsp3) is 0.875. The number of hydrogen-bond acceptors (Lipinski definition) is 4. The van der Waals surface area contributed by atoms with Gasteiger partial charge in [-0.25, -0.2) is 0 Å². The first-order valence-corrected chi connectivity index (χ1v) is 8.07. The Labute approximate surface area is 121 Å². The van der Waals surface area contributed by atoms with E-state index < -0.39 is 0 Å². The number of hydrogen-bond donors (Lipinski definition) is 1. The number of nitrogens with two attached hydrogens (primary N) is 1. The maximum Gasteiger partial charge on any atom is 0.229 e. The zero-order valence-electron chi connectivity index (χ0n) is 13.0. The molecule has 0 spiro atoms. The molecule has 0 bridgehead atoms. The van der Waals surface area contributed by atoms with Crippen LogP contribution in [0, 0.1) is 11.3 Å². The standard InChI is InChI=1S/C16H27N3O/c1-4-15(2,3)12-7-9-16(17,10-8-12)14-18-13(20-19-14)11-5-6-11/h11-12H,4-10,17H2,1-3H3. The van der Waals surface area contributed by atoms with Crippen LogP contribution in [0.4, 0.5) is 0 Å². The van der Waals surface area contributed by atoms with Gasteiger partial charge in [0.2, 0.25) is 5.89 Å². The average molecular weight is 277 g/mol. The van der Waals surface area contributed by atoms with E-state index in [4.69, 9.17) is 10.3 Å². The van der Waals surface area contributed by atoms with Gasteiger partial charge in [-0.05, 0) is 49.9 Å². The molecule has 0 aromatic carbocycles. The molecular formula is C16H27N3O. The van der Waals surface area contributed by atoms with Gasteiger partial charge in [0.25, 0.3) is 0 Å². The lowest BCUT2D eigenvalue weighted by molar-refractivity contribution is 0.110. The summed E-state index contributed by atoms with van der Waals surface area (Å²) in [6, 6.07) is 0.